The van der Waals surface area contributed by atoms with Crippen LogP contribution in [0.4, 0.5) is 11.8 Å². The maximum atomic E-state index is 5.77. The van der Waals surface area contributed by atoms with Crippen molar-refractivity contribution >= 4 is 11.8 Å². The molecule has 3 aliphatic rings. The first kappa shape index (κ1) is 13.3. The van der Waals surface area contributed by atoms with Gasteiger partial charge in [-0.25, -0.2) is 4.98 Å². The standard InChI is InChI=1S/C15H22N4O2/c1-11-10-13(17-12-2-3-12)18-14(16-11)19-6-4-15(5-7-19)20-8-9-21-15/h10,12H,2-9H2,1H3,(H,16,17,18). The second kappa shape index (κ2) is 5.10. The van der Waals surface area contributed by atoms with E-state index in [0.29, 0.717) is 6.04 Å². The van der Waals surface area contributed by atoms with Crippen LogP contribution in [0, 0.1) is 6.92 Å². The molecule has 0 atom stereocenters. The lowest BCUT2D eigenvalue weighted by atomic mass is 10.0. The Morgan fingerprint density at radius 1 is 1.19 bits per heavy atom. The molecular formula is C15H22N4O2. The summed E-state index contributed by atoms with van der Waals surface area (Å²) in [6, 6.07) is 2.63. The zero-order valence-corrected chi connectivity index (χ0v) is 12.5. The minimum absolute atomic E-state index is 0.338. The van der Waals surface area contributed by atoms with Crippen LogP contribution in [0.15, 0.2) is 6.07 Å². The Hall–Kier alpha value is -1.40. The van der Waals surface area contributed by atoms with E-state index in [1.54, 1.807) is 0 Å². The number of rotatable bonds is 3. The normalized spacial score (nSPS) is 24.5. The second-order valence-corrected chi connectivity index (χ2v) is 6.21. The van der Waals surface area contributed by atoms with E-state index in [1.807, 2.05) is 13.0 Å². The van der Waals surface area contributed by atoms with E-state index >= 15 is 0 Å². The quantitative estimate of drug-likeness (QED) is 0.914. The van der Waals surface area contributed by atoms with E-state index in [-0.39, 0.29) is 5.79 Å². The van der Waals surface area contributed by atoms with Gasteiger partial charge in [0, 0.05) is 43.7 Å². The maximum Gasteiger partial charge on any atom is 0.227 e. The number of nitrogens with zero attached hydrogens (tertiary/aromatic N) is 3. The summed E-state index contributed by atoms with van der Waals surface area (Å²) in [4.78, 5) is 11.5. The van der Waals surface area contributed by atoms with Crippen molar-refractivity contribution < 1.29 is 9.47 Å². The average molecular weight is 290 g/mol. The maximum absolute atomic E-state index is 5.77. The third-order valence-corrected chi connectivity index (χ3v) is 4.39. The number of aryl methyl sites for hydroxylation is 1. The molecule has 1 saturated carbocycles. The minimum Gasteiger partial charge on any atom is -0.367 e. The molecule has 0 bridgehead atoms. The Labute approximate surface area is 124 Å². The number of nitrogens with one attached hydrogen (secondary N) is 1. The number of hydrogen-bond donors (Lipinski definition) is 1. The summed E-state index contributed by atoms with van der Waals surface area (Å²) in [5, 5.41) is 3.46. The van der Waals surface area contributed by atoms with Crippen molar-refractivity contribution in [3.63, 3.8) is 0 Å². The Balaban J connectivity index is 1.47. The fraction of sp³-hybridized carbons (Fsp3) is 0.733. The molecule has 0 aromatic carbocycles. The molecule has 0 unspecified atom stereocenters. The predicted molar refractivity (Wildman–Crippen MR) is 79.5 cm³/mol. The molecule has 1 aromatic rings. The minimum atomic E-state index is -0.338. The molecule has 0 amide bonds. The first-order chi connectivity index (χ1) is 10.2. The zero-order valence-electron chi connectivity index (χ0n) is 12.5. The van der Waals surface area contributed by atoms with Crippen LogP contribution in [0.5, 0.6) is 0 Å². The van der Waals surface area contributed by atoms with Crippen molar-refractivity contribution in [1.29, 1.82) is 0 Å². The van der Waals surface area contributed by atoms with Gasteiger partial charge in [-0.1, -0.05) is 0 Å². The van der Waals surface area contributed by atoms with Crippen LogP contribution < -0.4 is 10.2 Å². The summed E-state index contributed by atoms with van der Waals surface area (Å²) < 4.78 is 11.5. The first-order valence-corrected chi connectivity index (χ1v) is 7.88. The number of hydrogen-bond acceptors (Lipinski definition) is 6. The monoisotopic (exact) mass is 290 g/mol. The molecule has 3 heterocycles. The molecular weight excluding hydrogens is 268 g/mol. The van der Waals surface area contributed by atoms with Gasteiger partial charge in [-0.05, 0) is 19.8 Å². The average Bonchev–Trinajstić information content (AvgIpc) is 3.17. The first-order valence-electron chi connectivity index (χ1n) is 7.88. The largest absolute Gasteiger partial charge is 0.367 e. The topological polar surface area (TPSA) is 59.5 Å². The van der Waals surface area contributed by atoms with Gasteiger partial charge in [0.1, 0.15) is 5.82 Å². The van der Waals surface area contributed by atoms with E-state index in [2.05, 4.69) is 20.2 Å². The van der Waals surface area contributed by atoms with Gasteiger partial charge in [0.25, 0.3) is 0 Å². The fourth-order valence-electron chi connectivity index (χ4n) is 3.04. The summed E-state index contributed by atoms with van der Waals surface area (Å²) in [5.74, 6) is 1.44. The molecule has 114 valence electrons. The molecule has 2 aliphatic heterocycles. The molecule has 1 aliphatic carbocycles. The van der Waals surface area contributed by atoms with Crippen LogP contribution in [-0.2, 0) is 9.47 Å². The number of piperidine rings is 1. The van der Waals surface area contributed by atoms with Crippen LogP contribution in [0.25, 0.3) is 0 Å². The molecule has 4 rings (SSSR count). The van der Waals surface area contributed by atoms with Gasteiger partial charge in [-0.3, -0.25) is 0 Å². The summed E-state index contributed by atoms with van der Waals surface area (Å²) in [5.41, 5.74) is 1.01. The number of aromatic nitrogens is 2. The molecule has 2 saturated heterocycles. The SMILES string of the molecule is Cc1cc(NC2CC2)nc(N2CCC3(CC2)OCCO3)n1. The van der Waals surface area contributed by atoms with Crippen molar-refractivity contribution in [2.45, 2.75) is 44.4 Å². The molecule has 1 aromatic heterocycles. The van der Waals surface area contributed by atoms with Crippen LogP contribution >= 0.6 is 0 Å². The summed E-state index contributed by atoms with van der Waals surface area (Å²) in [6.07, 6.45) is 4.27. The predicted octanol–water partition coefficient (Wildman–Crippen LogP) is 1.70. The van der Waals surface area contributed by atoms with Crippen molar-refractivity contribution in [3.8, 4) is 0 Å². The lowest BCUT2D eigenvalue weighted by molar-refractivity contribution is -0.169. The van der Waals surface area contributed by atoms with Crippen molar-refractivity contribution in [2.75, 3.05) is 36.5 Å². The molecule has 0 radical (unpaired) electrons. The highest BCUT2D eigenvalue weighted by Gasteiger charge is 2.40. The highest BCUT2D eigenvalue weighted by Crippen LogP contribution is 2.33. The third-order valence-electron chi connectivity index (χ3n) is 4.39. The summed E-state index contributed by atoms with van der Waals surface area (Å²) >= 11 is 0. The fourth-order valence-corrected chi connectivity index (χ4v) is 3.04. The molecule has 1 spiro atoms. The van der Waals surface area contributed by atoms with E-state index in [0.717, 1.165) is 56.6 Å². The molecule has 1 N–H and O–H groups in total. The summed E-state index contributed by atoms with van der Waals surface area (Å²) in [6.45, 7) is 5.23. The third kappa shape index (κ3) is 2.82. The zero-order chi connectivity index (χ0) is 14.3. The molecule has 6 nitrogen and oxygen atoms in total. The van der Waals surface area contributed by atoms with Crippen LogP contribution in [0.2, 0.25) is 0 Å². The molecule has 6 heteroatoms. The lowest BCUT2D eigenvalue weighted by Gasteiger charge is -2.37. The smallest absolute Gasteiger partial charge is 0.227 e. The highest BCUT2D eigenvalue weighted by molar-refractivity contribution is 5.45. The van der Waals surface area contributed by atoms with E-state index in [1.165, 1.54) is 12.8 Å². The van der Waals surface area contributed by atoms with E-state index in [9.17, 15) is 0 Å². The van der Waals surface area contributed by atoms with Gasteiger partial charge in [-0.15, -0.1) is 0 Å². The Bertz CT molecular complexity index is 516. The van der Waals surface area contributed by atoms with Crippen molar-refractivity contribution in [1.82, 2.24) is 9.97 Å². The van der Waals surface area contributed by atoms with Gasteiger partial charge in [0.2, 0.25) is 5.95 Å². The Morgan fingerprint density at radius 2 is 1.90 bits per heavy atom. The Kier molecular flexibility index (Phi) is 3.23. The highest BCUT2D eigenvalue weighted by atomic mass is 16.7. The van der Waals surface area contributed by atoms with Gasteiger partial charge in [-0.2, -0.15) is 4.98 Å². The van der Waals surface area contributed by atoms with Gasteiger partial charge in [0.05, 0.1) is 13.2 Å². The van der Waals surface area contributed by atoms with Crippen molar-refractivity contribution in [2.24, 2.45) is 0 Å². The second-order valence-electron chi connectivity index (χ2n) is 6.21. The van der Waals surface area contributed by atoms with Crippen LogP contribution in [0.3, 0.4) is 0 Å². The lowest BCUT2D eigenvalue weighted by Crippen LogP contribution is -2.45. The van der Waals surface area contributed by atoms with Crippen LogP contribution in [0.1, 0.15) is 31.4 Å². The van der Waals surface area contributed by atoms with Crippen molar-refractivity contribution in [3.05, 3.63) is 11.8 Å². The Morgan fingerprint density at radius 3 is 2.57 bits per heavy atom. The number of anilines is 2. The van der Waals surface area contributed by atoms with Crippen LogP contribution in [-0.4, -0.2) is 48.1 Å². The molecule has 3 fully saturated rings. The van der Waals surface area contributed by atoms with Gasteiger partial charge >= 0.3 is 0 Å². The van der Waals surface area contributed by atoms with Gasteiger partial charge in [0.15, 0.2) is 5.79 Å². The van der Waals surface area contributed by atoms with E-state index < -0.39 is 0 Å². The number of ether oxygens (including phenoxy) is 2. The van der Waals surface area contributed by atoms with Gasteiger partial charge < -0.3 is 19.7 Å². The van der Waals surface area contributed by atoms with E-state index in [4.69, 9.17) is 9.47 Å². The molecule has 21 heavy (non-hydrogen) atoms. The summed E-state index contributed by atoms with van der Waals surface area (Å²) in [7, 11) is 0.